The van der Waals surface area contributed by atoms with Crippen LogP contribution >= 0.6 is 0 Å². The Balaban J connectivity index is 2.87. The van der Waals surface area contributed by atoms with Gasteiger partial charge in [0.25, 0.3) is 0 Å². The summed E-state index contributed by atoms with van der Waals surface area (Å²) in [5, 5.41) is 8.01. The van der Waals surface area contributed by atoms with Gasteiger partial charge in [-0.05, 0) is 27.7 Å². The van der Waals surface area contributed by atoms with Crippen molar-refractivity contribution in [3.8, 4) is 0 Å². The molecule has 0 aromatic carbocycles. The van der Waals surface area contributed by atoms with Crippen LogP contribution in [-0.4, -0.2) is 5.71 Å². The summed E-state index contributed by atoms with van der Waals surface area (Å²) in [7, 11) is 0. The van der Waals surface area contributed by atoms with E-state index in [2.05, 4.69) is 46.3 Å². The molecule has 0 saturated carbocycles. The molecule has 0 aromatic rings. The van der Waals surface area contributed by atoms with E-state index < -0.39 is 0 Å². The molecule has 0 unspecified atom stereocenters. The van der Waals surface area contributed by atoms with E-state index in [1.54, 1.807) is 0 Å². The second-order valence-electron chi connectivity index (χ2n) is 4.12. The van der Waals surface area contributed by atoms with E-state index in [9.17, 15) is 0 Å². The molecule has 1 aliphatic rings. The Labute approximate surface area is 81.1 Å². The molecular formula is C12H18N+. The average molecular weight is 176 g/mol. The van der Waals surface area contributed by atoms with Gasteiger partial charge in [0.1, 0.15) is 0 Å². The summed E-state index contributed by atoms with van der Waals surface area (Å²) >= 11 is 0. The first kappa shape index (κ1) is 10.1. The Morgan fingerprint density at radius 3 is 1.69 bits per heavy atom. The van der Waals surface area contributed by atoms with Crippen LogP contribution in [0.15, 0.2) is 23.3 Å². The van der Waals surface area contributed by atoms with Crippen LogP contribution in [0.2, 0.25) is 0 Å². The van der Waals surface area contributed by atoms with Gasteiger partial charge >= 0.3 is 0 Å². The fourth-order valence-electron chi connectivity index (χ4n) is 1.55. The Hall–Kier alpha value is -0.980. The van der Waals surface area contributed by atoms with Crippen molar-refractivity contribution in [2.75, 3.05) is 0 Å². The van der Waals surface area contributed by atoms with Crippen molar-refractivity contribution in [2.45, 2.75) is 27.7 Å². The van der Waals surface area contributed by atoms with Gasteiger partial charge in [-0.25, -0.2) is 0 Å². The second-order valence-corrected chi connectivity index (χ2v) is 4.12. The third-order valence-electron chi connectivity index (χ3n) is 2.37. The lowest BCUT2D eigenvalue weighted by Crippen LogP contribution is -2.16. The van der Waals surface area contributed by atoms with Gasteiger partial charge in [-0.1, -0.05) is 0 Å². The number of rotatable bonds is 2. The zero-order chi connectivity index (χ0) is 10.0. The quantitative estimate of drug-likeness (QED) is 0.624. The fourth-order valence-corrected chi connectivity index (χ4v) is 1.55. The summed E-state index contributed by atoms with van der Waals surface area (Å²) in [6.07, 6.45) is 6.17. The van der Waals surface area contributed by atoms with Gasteiger partial charge in [-0.15, -0.1) is 0 Å². The van der Waals surface area contributed by atoms with E-state index >= 15 is 0 Å². The maximum atomic E-state index is 8.01. The van der Waals surface area contributed by atoms with Gasteiger partial charge in [-0.3, -0.25) is 5.41 Å². The highest BCUT2D eigenvalue weighted by Gasteiger charge is 2.26. The summed E-state index contributed by atoms with van der Waals surface area (Å²) in [5.41, 5.74) is 3.05. The Morgan fingerprint density at radius 2 is 1.38 bits per heavy atom. The van der Waals surface area contributed by atoms with Crippen molar-refractivity contribution in [3.63, 3.8) is 0 Å². The minimum atomic E-state index is 0.450. The third-order valence-corrected chi connectivity index (χ3v) is 2.37. The van der Waals surface area contributed by atoms with E-state index in [0.29, 0.717) is 11.8 Å². The van der Waals surface area contributed by atoms with Crippen molar-refractivity contribution in [3.05, 3.63) is 29.7 Å². The lowest BCUT2D eigenvalue weighted by molar-refractivity contribution is 0.769. The number of allylic oxidation sites excluding steroid dienone is 4. The molecule has 0 aliphatic heterocycles. The molecule has 13 heavy (non-hydrogen) atoms. The first-order valence-corrected chi connectivity index (χ1v) is 4.88. The summed E-state index contributed by atoms with van der Waals surface area (Å²) in [4.78, 5) is 0. The van der Waals surface area contributed by atoms with Gasteiger partial charge in [0.15, 0.2) is 5.71 Å². The predicted molar refractivity (Wildman–Crippen MR) is 57.9 cm³/mol. The molecule has 1 heteroatoms. The van der Waals surface area contributed by atoms with Crippen LogP contribution in [0.3, 0.4) is 0 Å². The normalized spacial score (nSPS) is 17.2. The van der Waals surface area contributed by atoms with E-state index in [0.717, 1.165) is 16.9 Å². The van der Waals surface area contributed by atoms with Crippen molar-refractivity contribution in [2.24, 2.45) is 11.8 Å². The van der Waals surface area contributed by atoms with Crippen LogP contribution in [0.5, 0.6) is 0 Å². The van der Waals surface area contributed by atoms with Crippen LogP contribution in [0.4, 0.5) is 0 Å². The number of hydrogen-bond acceptors (Lipinski definition) is 1. The highest BCUT2D eigenvalue weighted by molar-refractivity contribution is 6.12. The van der Waals surface area contributed by atoms with Crippen LogP contribution < -0.4 is 0 Å². The maximum absolute atomic E-state index is 8.01. The van der Waals surface area contributed by atoms with Crippen molar-refractivity contribution in [1.29, 1.82) is 5.41 Å². The van der Waals surface area contributed by atoms with Crippen LogP contribution in [0.1, 0.15) is 27.7 Å². The summed E-state index contributed by atoms with van der Waals surface area (Å²) in [5.74, 6) is 0.900. The Morgan fingerprint density at radius 1 is 1.00 bits per heavy atom. The fraction of sp³-hybridized carbons (Fsp3) is 0.500. The first-order chi connectivity index (χ1) is 6.04. The SMILES string of the molecule is CC(C)C1=C[CH+]C=C(C(C)C)C1=N. The molecule has 0 saturated heterocycles. The molecule has 0 aromatic heterocycles. The van der Waals surface area contributed by atoms with Crippen LogP contribution in [-0.2, 0) is 0 Å². The minimum absolute atomic E-state index is 0.450. The van der Waals surface area contributed by atoms with Crippen LogP contribution in [0.25, 0.3) is 0 Å². The van der Waals surface area contributed by atoms with Gasteiger partial charge in [0.05, 0.1) is 23.3 Å². The van der Waals surface area contributed by atoms with E-state index in [1.807, 2.05) is 0 Å². The molecule has 1 nitrogen and oxygen atoms in total. The standard InChI is InChI=1S/C12H18N/c1-8(2)10-6-5-7-11(9(3)4)12(10)13/h5-9,13H,1-4H3/q+1. The largest absolute Gasteiger partial charge is 0.275 e. The predicted octanol–water partition coefficient (Wildman–Crippen LogP) is 3.39. The zero-order valence-electron chi connectivity index (χ0n) is 8.89. The highest BCUT2D eigenvalue weighted by atomic mass is 14.5. The summed E-state index contributed by atoms with van der Waals surface area (Å²) in [6.45, 7) is 8.55. The molecule has 0 fully saturated rings. The van der Waals surface area contributed by atoms with Crippen molar-refractivity contribution >= 4 is 5.71 Å². The van der Waals surface area contributed by atoms with Crippen LogP contribution in [0, 0.1) is 23.7 Å². The van der Waals surface area contributed by atoms with Gasteiger partial charge in [0.2, 0.25) is 0 Å². The smallest absolute Gasteiger partial charge is 0.172 e. The van der Waals surface area contributed by atoms with Crippen molar-refractivity contribution in [1.82, 2.24) is 0 Å². The summed E-state index contributed by atoms with van der Waals surface area (Å²) < 4.78 is 0. The highest BCUT2D eigenvalue weighted by Crippen LogP contribution is 2.25. The first-order valence-electron chi connectivity index (χ1n) is 4.88. The van der Waals surface area contributed by atoms with E-state index in [1.165, 1.54) is 0 Å². The average Bonchev–Trinajstić information content (AvgIpc) is 2.03. The molecule has 0 atom stereocenters. The Bertz CT molecular complexity index is 241. The van der Waals surface area contributed by atoms with E-state index in [4.69, 9.17) is 5.41 Å². The molecular weight excluding hydrogens is 158 g/mol. The maximum Gasteiger partial charge on any atom is 0.172 e. The topological polar surface area (TPSA) is 23.9 Å². The van der Waals surface area contributed by atoms with Gasteiger partial charge in [-0.2, -0.15) is 0 Å². The zero-order valence-corrected chi connectivity index (χ0v) is 8.89. The van der Waals surface area contributed by atoms with Gasteiger partial charge < -0.3 is 0 Å². The molecule has 1 aliphatic carbocycles. The second kappa shape index (κ2) is 3.82. The molecule has 0 spiro atoms. The number of hydrogen-bond donors (Lipinski definition) is 1. The molecule has 0 radical (unpaired) electrons. The van der Waals surface area contributed by atoms with Crippen molar-refractivity contribution < 1.29 is 0 Å². The lowest BCUT2D eigenvalue weighted by Gasteiger charge is -2.13. The molecule has 0 heterocycles. The van der Waals surface area contributed by atoms with E-state index in [-0.39, 0.29) is 0 Å². The molecule has 0 bridgehead atoms. The van der Waals surface area contributed by atoms with Gasteiger partial charge in [0, 0.05) is 18.3 Å². The molecule has 1 N–H and O–H groups in total. The lowest BCUT2D eigenvalue weighted by atomic mass is 9.84. The third kappa shape index (κ3) is 2.03. The molecule has 70 valence electrons. The Kier molecular flexibility index (Phi) is 2.97. The molecule has 1 rings (SSSR count). The minimum Gasteiger partial charge on any atom is -0.275 e. The monoisotopic (exact) mass is 176 g/mol. The summed E-state index contributed by atoms with van der Waals surface area (Å²) in [6, 6.07) is 0. The number of nitrogens with one attached hydrogen (secondary N) is 1. The molecule has 0 amide bonds.